The predicted molar refractivity (Wildman–Crippen MR) is 78.4 cm³/mol. The third-order valence-electron chi connectivity index (χ3n) is 3.67. The first-order chi connectivity index (χ1) is 9.49. The summed E-state index contributed by atoms with van der Waals surface area (Å²) in [5.41, 5.74) is 7.70. The molecule has 2 amide bonds. The van der Waals surface area contributed by atoms with Gasteiger partial charge < -0.3 is 15.5 Å². The van der Waals surface area contributed by atoms with Crippen LogP contribution in [0.1, 0.15) is 28.8 Å². The summed E-state index contributed by atoms with van der Waals surface area (Å²) in [5.74, 6) is -0.151. The zero-order chi connectivity index (χ0) is 14.7. The van der Waals surface area contributed by atoms with E-state index in [0.29, 0.717) is 11.3 Å². The number of nitrogen functional groups attached to an aromatic ring is 1. The highest BCUT2D eigenvalue weighted by molar-refractivity contribution is 5.98. The van der Waals surface area contributed by atoms with E-state index < -0.39 is 0 Å². The van der Waals surface area contributed by atoms with Crippen LogP contribution < -0.4 is 5.73 Å². The van der Waals surface area contributed by atoms with Gasteiger partial charge in [0.1, 0.15) is 0 Å². The Morgan fingerprint density at radius 3 is 2.60 bits per heavy atom. The SMILES string of the molecule is Cc1ccc(N)cc1C(=O)N(C)CC(=O)N1CCCC1. The van der Waals surface area contributed by atoms with Crippen LogP contribution >= 0.6 is 0 Å². The van der Waals surface area contributed by atoms with Crippen molar-refractivity contribution in [1.29, 1.82) is 0 Å². The molecule has 0 spiro atoms. The van der Waals surface area contributed by atoms with Gasteiger partial charge in [-0.2, -0.15) is 0 Å². The minimum absolute atomic E-state index is 0.0138. The third kappa shape index (κ3) is 3.10. The quantitative estimate of drug-likeness (QED) is 0.845. The fraction of sp³-hybridized carbons (Fsp3) is 0.467. The molecule has 0 bridgehead atoms. The number of hydrogen-bond acceptors (Lipinski definition) is 3. The predicted octanol–water partition coefficient (Wildman–Crippen LogP) is 1.27. The second-order valence-corrected chi connectivity index (χ2v) is 5.32. The van der Waals surface area contributed by atoms with Crippen molar-refractivity contribution < 1.29 is 9.59 Å². The van der Waals surface area contributed by atoms with E-state index in [-0.39, 0.29) is 18.4 Å². The van der Waals surface area contributed by atoms with Crippen LogP contribution in [0.15, 0.2) is 18.2 Å². The first-order valence-electron chi connectivity index (χ1n) is 6.88. The number of hydrogen-bond donors (Lipinski definition) is 1. The lowest BCUT2D eigenvalue weighted by Gasteiger charge is -2.22. The standard InChI is InChI=1S/C15H21N3O2/c1-11-5-6-12(16)9-13(11)15(20)17(2)10-14(19)18-7-3-4-8-18/h5-6,9H,3-4,7-8,10,16H2,1-2H3. The normalized spacial score (nSPS) is 14.4. The van der Waals surface area contributed by atoms with Crippen molar-refractivity contribution in [3.8, 4) is 0 Å². The molecular formula is C15H21N3O2. The summed E-state index contributed by atoms with van der Waals surface area (Å²) < 4.78 is 0. The number of carbonyl (C=O) groups is 2. The van der Waals surface area contributed by atoms with E-state index in [1.165, 1.54) is 4.90 Å². The van der Waals surface area contributed by atoms with Crippen LogP contribution in [0, 0.1) is 6.92 Å². The number of anilines is 1. The first-order valence-corrected chi connectivity index (χ1v) is 6.88. The smallest absolute Gasteiger partial charge is 0.254 e. The van der Waals surface area contributed by atoms with Crippen LogP contribution in [-0.4, -0.2) is 48.3 Å². The maximum Gasteiger partial charge on any atom is 0.254 e. The van der Waals surface area contributed by atoms with Gasteiger partial charge in [-0.15, -0.1) is 0 Å². The van der Waals surface area contributed by atoms with E-state index >= 15 is 0 Å². The van der Waals surface area contributed by atoms with Gasteiger partial charge in [-0.05, 0) is 37.5 Å². The molecule has 1 aliphatic rings. The molecule has 5 heteroatoms. The number of aryl methyl sites for hydroxylation is 1. The molecule has 0 saturated carbocycles. The van der Waals surface area contributed by atoms with Crippen molar-refractivity contribution in [2.24, 2.45) is 0 Å². The van der Waals surface area contributed by atoms with Gasteiger partial charge in [-0.3, -0.25) is 9.59 Å². The van der Waals surface area contributed by atoms with Crippen molar-refractivity contribution in [3.63, 3.8) is 0 Å². The van der Waals surface area contributed by atoms with Crippen LogP contribution in [-0.2, 0) is 4.79 Å². The summed E-state index contributed by atoms with van der Waals surface area (Å²) in [6, 6.07) is 5.24. The number of rotatable bonds is 3. The largest absolute Gasteiger partial charge is 0.399 e. The minimum Gasteiger partial charge on any atom is -0.399 e. The molecule has 0 radical (unpaired) electrons. The van der Waals surface area contributed by atoms with Crippen LogP contribution in [0.3, 0.4) is 0 Å². The van der Waals surface area contributed by atoms with Gasteiger partial charge in [-0.1, -0.05) is 6.07 Å². The van der Waals surface area contributed by atoms with Gasteiger partial charge in [0.15, 0.2) is 0 Å². The monoisotopic (exact) mass is 275 g/mol. The number of nitrogens with two attached hydrogens (primary N) is 1. The lowest BCUT2D eigenvalue weighted by atomic mass is 10.1. The van der Waals surface area contributed by atoms with E-state index in [4.69, 9.17) is 5.73 Å². The van der Waals surface area contributed by atoms with Gasteiger partial charge in [0.05, 0.1) is 6.54 Å². The Bertz CT molecular complexity index is 522. The fourth-order valence-electron chi connectivity index (χ4n) is 2.42. The summed E-state index contributed by atoms with van der Waals surface area (Å²) in [4.78, 5) is 27.7. The molecule has 108 valence electrons. The number of benzene rings is 1. The highest BCUT2D eigenvalue weighted by Gasteiger charge is 2.22. The molecule has 5 nitrogen and oxygen atoms in total. The molecule has 2 N–H and O–H groups in total. The second-order valence-electron chi connectivity index (χ2n) is 5.32. The van der Waals surface area contributed by atoms with E-state index in [2.05, 4.69) is 0 Å². The molecule has 1 fully saturated rings. The second kappa shape index (κ2) is 5.94. The van der Waals surface area contributed by atoms with Crippen LogP contribution in [0.5, 0.6) is 0 Å². The maximum atomic E-state index is 12.4. The minimum atomic E-state index is -0.164. The summed E-state index contributed by atoms with van der Waals surface area (Å²) in [5, 5.41) is 0. The molecule has 1 aliphatic heterocycles. The van der Waals surface area contributed by atoms with Crippen molar-refractivity contribution in [2.45, 2.75) is 19.8 Å². The molecule has 0 atom stereocenters. The summed E-state index contributed by atoms with van der Waals surface area (Å²) in [6.45, 7) is 3.59. The molecule has 1 heterocycles. The molecule has 1 aromatic rings. The van der Waals surface area contributed by atoms with Crippen molar-refractivity contribution in [2.75, 3.05) is 32.4 Å². The van der Waals surface area contributed by atoms with Crippen molar-refractivity contribution in [3.05, 3.63) is 29.3 Å². The number of carbonyl (C=O) groups excluding carboxylic acids is 2. The van der Waals surface area contributed by atoms with Crippen LogP contribution in [0.4, 0.5) is 5.69 Å². The average Bonchev–Trinajstić information content (AvgIpc) is 2.94. The van der Waals surface area contributed by atoms with E-state index in [1.807, 2.05) is 17.9 Å². The molecule has 0 aromatic heterocycles. The van der Waals surface area contributed by atoms with Gasteiger partial charge in [0, 0.05) is 31.4 Å². The van der Waals surface area contributed by atoms with Crippen molar-refractivity contribution in [1.82, 2.24) is 9.80 Å². The zero-order valence-electron chi connectivity index (χ0n) is 12.1. The number of likely N-dealkylation sites (tertiary alicyclic amines) is 1. The molecule has 20 heavy (non-hydrogen) atoms. The van der Waals surface area contributed by atoms with E-state index in [9.17, 15) is 9.59 Å². The van der Waals surface area contributed by atoms with Gasteiger partial charge in [0.25, 0.3) is 5.91 Å². The summed E-state index contributed by atoms with van der Waals surface area (Å²) in [7, 11) is 1.65. The third-order valence-corrected chi connectivity index (χ3v) is 3.67. The first kappa shape index (κ1) is 14.4. The molecule has 1 saturated heterocycles. The lowest BCUT2D eigenvalue weighted by molar-refractivity contribution is -0.130. The number of likely N-dealkylation sites (N-methyl/N-ethyl adjacent to an activating group) is 1. The number of amides is 2. The highest BCUT2D eigenvalue weighted by Crippen LogP contribution is 2.15. The molecule has 2 rings (SSSR count). The van der Waals surface area contributed by atoms with Crippen molar-refractivity contribution >= 4 is 17.5 Å². The number of nitrogens with zero attached hydrogens (tertiary/aromatic N) is 2. The molecular weight excluding hydrogens is 254 g/mol. The Morgan fingerprint density at radius 1 is 1.30 bits per heavy atom. The van der Waals surface area contributed by atoms with Gasteiger partial charge >= 0.3 is 0 Å². The molecule has 0 aliphatic carbocycles. The van der Waals surface area contributed by atoms with Gasteiger partial charge in [0.2, 0.25) is 5.91 Å². The fourth-order valence-corrected chi connectivity index (χ4v) is 2.42. The molecule has 1 aromatic carbocycles. The lowest BCUT2D eigenvalue weighted by Crippen LogP contribution is -2.40. The Balaban J connectivity index is 2.04. The topological polar surface area (TPSA) is 66.6 Å². The average molecular weight is 275 g/mol. The Kier molecular flexibility index (Phi) is 4.27. The zero-order valence-corrected chi connectivity index (χ0v) is 12.1. The van der Waals surface area contributed by atoms with E-state index in [0.717, 1.165) is 31.5 Å². The Hall–Kier alpha value is -2.04. The Labute approximate surface area is 119 Å². The molecule has 0 unspecified atom stereocenters. The van der Waals surface area contributed by atoms with Crippen LogP contribution in [0.2, 0.25) is 0 Å². The summed E-state index contributed by atoms with van der Waals surface area (Å²) in [6.07, 6.45) is 2.11. The highest BCUT2D eigenvalue weighted by atomic mass is 16.2. The summed E-state index contributed by atoms with van der Waals surface area (Å²) >= 11 is 0. The van der Waals surface area contributed by atoms with Crippen LogP contribution in [0.25, 0.3) is 0 Å². The van der Waals surface area contributed by atoms with E-state index in [1.54, 1.807) is 19.2 Å². The maximum absolute atomic E-state index is 12.4. The van der Waals surface area contributed by atoms with Gasteiger partial charge in [-0.25, -0.2) is 0 Å². The Morgan fingerprint density at radius 2 is 1.95 bits per heavy atom.